The van der Waals surface area contributed by atoms with Crippen LogP contribution in [0.15, 0.2) is 0 Å². The van der Waals surface area contributed by atoms with Crippen molar-refractivity contribution in [3.63, 3.8) is 0 Å². The van der Waals surface area contributed by atoms with Crippen LogP contribution in [0.25, 0.3) is 0 Å². The van der Waals surface area contributed by atoms with Gasteiger partial charge in [0.2, 0.25) is 0 Å². The van der Waals surface area contributed by atoms with Crippen LogP contribution >= 0.6 is 11.3 Å². The second kappa shape index (κ2) is 4.55. The molecule has 0 aromatic carbocycles. The Bertz CT molecular complexity index is 395. The second-order valence-electron chi connectivity index (χ2n) is 5.10. The van der Waals surface area contributed by atoms with Gasteiger partial charge in [0.15, 0.2) is 5.13 Å². The van der Waals surface area contributed by atoms with E-state index in [0.29, 0.717) is 0 Å². The van der Waals surface area contributed by atoms with Crippen molar-refractivity contribution < 1.29 is 0 Å². The third-order valence-corrected chi connectivity index (χ3v) is 5.05. The van der Waals surface area contributed by atoms with Crippen LogP contribution < -0.4 is 10.6 Å². The lowest BCUT2D eigenvalue weighted by Gasteiger charge is -2.32. The van der Waals surface area contributed by atoms with Gasteiger partial charge in [0.25, 0.3) is 0 Å². The quantitative estimate of drug-likeness (QED) is 0.816. The Kier molecular flexibility index (Phi) is 3.06. The molecule has 0 amide bonds. The van der Waals surface area contributed by atoms with Gasteiger partial charge in [-0.25, -0.2) is 4.98 Å². The number of nitrogens with two attached hydrogens (primary N) is 1. The molecule has 3 rings (SSSR count). The number of thiazole rings is 1. The monoisotopic (exact) mass is 252 g/mol. The molecule has 4 nitrogen and oxygen atoms in total. The molecule has 0 radical (unpaired) electrons. The van der Waals surface area contributed by atoms with Crippen molar-refractivity contribution in [3.8, 4) is 0 Å². The van der Waals surface area contributed by atoms with Crippen LogP contribution in [0.3, 0.4) is 0 Å². The van der Waals surface area contributed by atoms with E-state index in [4.69, 9.17) is 10.7 Å². The first-order chi connectivity index (χ1) is 8.24. The highest BCUT2D eigenvalue weighted by atomic mass is 32.1. The molecular weight excluding hydrogens is 232 g/mol. The molecule has 17 heavy (non-hydrogen) atoms. The number of rotatable bonds is 1. The van der Waals surface area contributed by atoms with Gasteiger partial charge >= 0.3 is 0 Å². The maximum absolute atomic E-state index is 6.15. The lowest BCUT2D eigenvalue weighted by Crippen LogP contribution is -2.44. The topological polar surface area (TPSA) is 45.4 Å². The van der Waals surface area contributed by atoms with Crippen molar-refractivity contribution in [1.29, 1.82) is 0 Å². The van der Waals surface area contributed by atoms with Gasteiger partial charge < -0.3 is 15.5 Å². The number of fused-ring (bicyclic) bond motifs is 1. The van der Waals surface area contributed by atoms with E-state index < -0.39 is 0 Å². The summed E-state index contributed by atoms with van der Waals surface area (Å²) in [6.45, 7) is 4.46. The lowest BCUT2D eigenvalue weighted by molar-refractivity contribution is 0.312. The van der Waals surface area contributed by atoms with Crippen LogP contribution in [0.1, 0.15) is 29.5 Å². The number of anilines is 1. The molecule has 0 saturated carbocycles. The van der Waals surface area contributed by atoms with E-state index in [2.05, 4.69) is 16.8 Å². The number of piperazine rings is 1. The van der Waals surface area contributed by atoms with Gasteiger partial charge in [-0.3, -0.25) is 0 Å². The molecule has 1 fully saturated rings. The van der Waals surface area contributed by atoms with Crippen LogP contribution in [0, 0.1) is 0 Å². The summed E-state index contributed by atoms with van der Waals surface area (Å²) in [7, 11) is 2.18. The fraction of sp³-hybridized carbons (Fsp3) is 0.750. The highest BCUT2D eigenvalue weighted by molar-refractivity contribution is 7.15. The van der Waals surface area contributed by atoms with Crippen molar-refractivity contribution in [3.05, 3.63) is 10.6 Å². The molecule has 1 aliphatic carbocycles. The smallest absolute Gasteiger partial charge is 0.185 e. The van der Waals surface area contributed by atoms with Crippen molar-refractivity contribution >= 4 is 16.5 Å². The predicted molar refractivity (Wildman–Crippen MR) is 71.7 cm³/mol. The van der Waals surface area contributed by atoms with Crippen molar-refractivity contribution in [1.82, 2.24) is 9.88 Å². The largest absolute Gasteiger partial charge is 0.346 e. The summed E-state index contributed by atoms with van der Waals surface area (Å²) in [4.78, 5) is 10.9. The number of aromatic nitrogens is 1. The van der Waals surface area contributed by atoms with Crippen LogP contribution in [0.2, 0.25) is 0 Å². The standard InChI is InChI=1S/C12H20N4S/c1-15-5-7-16(8-6-15)12-14-10-4-2-3-9(13)11(10)17-12/h9H,2-8,13H2,1H3. The van der Waals surface area contributed by atoms with Crippen LogP contribution in [-0.4, -0.2) is 43.1 Å². The molecule has 1 atom stereocenters. The Hall–Kier alpha value is -0.650. The zero-order chi connectivity index (χ0) is 11.8. The molecule has 2 aliphatic rings. The number of nitrogens with zero attached hydrogens (tertiary/aromatic N) is 3. The molecule has 2 heterocycles. The molecule has 2 N–H and O–H groups in total. The molecule has 94 valence electrons. The Morgan fingerprint density at radius 1 is 1.29 bits per heavy atom. The third-order valence-electron chi connectivity index (χ3n) is 3.76. The molecular formula is C12H20N4S. The highest BCUT2D eigenvalue weighted by Gasteiger charge is 2.24. The number of hydrogen-bond acceptors (Lipinski definition) is 5. The van der Waals surface area contributed by atoms with E-state index in [1.165, 1.54) is 22.1 Å². The van der Waals surface area contributed by atoms with Crippen LogP contribution in [0.5, 0.6) is 0 Å². The average Bonchev–Trinajstić information content (AvgIpc) is 2.75. The summed E-state index contributed by atoms with van der Waals surface area (Å²) >= 11 is 1.82. The van der Waals surface area contributed by atoms with Crippen molar-refractivity contribution in [2.75, 3.05) is 38.1 Å². The van der Waals surface area contributed by atoms with Gasteiger partial charge in [-0.2, -0.15) is 0 Å². The Labute approximate surface area is 106 Å². The van der Waals surface area contributed by atoms with E-state index in [9.17, 15) is 0 Å². The van der Waals surface area contributed by atoms with Crippen LogP contribution in [0.4, 0.5) is 5.13 Å². The summed E-state index contributed by atoms with van der Waals surface area (Å²) in [5.41, 5.74) is 7.42. The van der Waals surface area contributed by atoms with Gasteiger partial charge in [-0.1, -0.05) is 11.3 Å². The van der Waals surface area contributed by atoms with Gasteiger partial charge in [0.05, 0.1) is 5.69 Å². The van der Waals surface area contributed by atoms with Gasteiger partial charge in [-0.05, 0) is 26.3 Å². The first-order valence-corrected chi connectivity index (χ1v) is 7.24. The molecule has 0 spiro atoms. The molecule has 5 heteroatoms. The van der Waals surface area contributed by atoms with E-state index >= 15 is 0 Å². The van der Waals surface area contributed by atoms with E-state index in [0.717, 1.165) is 39.0 Å². The minimum Gasteiger partial charge on any atom is -0.346 e. The van der Waals surface area contributed by atoms with E-state index in [-0.39, 0.29) is 6.04 Å². The predicted octanol–water partition coefficient (Wildman–Crippen LogP) is 1.23. The summed E-state index contributed by atoms with van der Waals surface area (Å²) in [5.74, 6) is 0. The summed E-state index contributed by atoms with van der Waals surface area (Å²) in [6, 6.07) is 0.234. The highest BCUT2D eigenvalue weighted by Crippen LogP contribution is 2.36. The Balaban J connectivity index is 1.80. The minimum absolute atomic E-state index is 0.234. The lowest BCUT2D eigenvalue weighted by atomic mass is 9.99. The molecule has 1 unspecified atom stereocenters. The zero-order valence-corrected chi connectivity index (χ0v) is 11.2. The second-order valence-corrected chi connectivity index (χ2v) is 6.11. The molecule has 1 aliphatic heterocycles. The van der Waals surface area contributed by atoms with Gasteiger partial charge in [0.1, 0.15) is 0 Å². The van der Waals surface area contributed by atoms with Crippen LogP contribution in [-0.2, 0) is 6.42 Å². The SMILES string of the molecule is CN1CCN(c2nc3c(s2)C(N)CCC3)CC1. The fourth-order valence-corrected chi connectivity index (χ4v) is 3.77. The average molecular weight is 252 g/mol. The molecule has 1 aromatic rings. The van der Waals surface area contributed by atoms with Gasteiger partial charge in [-0.15, -0.1) is 0 Å². The first kappa shape index (κ1) is 11.4. The number of likely N-dealkylation sites (N-methyl/N-ethyl adjacent to an activating group) is 1. The normalized spacial score (nSPS) is 26.0. The minimum atomic E-state index is 0.234. The maximum atomic E-state index is 6.15. The maximum Gasteiger partial charge on any atom is 0.185 e. The Morgan fingerprint density at radius 2 is 2.06 bits per heavy atom. The third kappa shape index (κ3) is 2.19. The summed E-state index contributed by atoms with van der Waals surface area (Å²) in [6.07, 6.45) is 3.44. The van der Waals surface area contributed by atoms with Gasteiger partial charge in [0, 0.05) is 37.1 Å². The first-order valence-electron chi connectivity index (χ1n) is 6.43. The molecule has 1 saturated heterocycles. The molecule has 1 aromatic heterocycles. The van der Waals surface area contributed by atoms with E-state index in [1.54, 1.807) is 0 Å². The molecule has 0 bridgehead atoms. The Morgan fingerprint density at radius 3 is 2.76 bits per heavy atom. The fourth-order valence-electron chi connectivity index (χ4n) is 2.57. The number of aryl methyl sites for hydroxylation is 1. The van der Waals surface area contributed by atoms with E-state index in [1.807, 2.05) is 11.3 Å². The number of hydrogen-bond donors (Lipinski definition) is 1. The summed E-state index contributed by atoms with van der Waals surface area (Å²) in [5, 5.41) is 1.19. The van der Waals surface area contributed by atoms with Crippen molar-refractivity contribution in [2.45, 2.75) is 25.3 Å². The summed E-state index contributed by atoms with van der Waals surface area (Å²) < 4.78 is 0. The van der Waals surface area contributed by atoms with Crippen molar-refractivity contribution in [2.24, 2.45) is 5.73 Å². The zero-order valence-electron chi connectivity index (χ0n) is 10.4.